The fraction of sp³-hybridized carbons (Fsp3) is 0.575. The Morgan fingerprint density at radius 1 is 0.982 bits per heavy atom. The van der Waals surface area contributed by atoms with Crippen molar-refractivity contribution in [3.63, 3.8) is 0 Å². The van der Waals surface area contributed by atoms with Gasteiger partial charge in [0.25, 0.3) is 0 Å². The highest BCUT2D eigenvalue weighted by atomic mass is 35.5. The van der Waals surface area contributed by atoms with E-state index >= 15 is 13.2 Å². The molecular weight excluding hydrogens is 813 g/mol. The van der Waals surface area contributed by atoms with Crippen molar-refractivity contribution in [3.8, 4) is 16.3 Å². The highest BCUT2D eigenvalue weighted by molar-refractivity contribution is 7.99. The molecule has 17 heteroatoms. The number of ether oxygens (including phenoxy) is 2. The van der Waals surface area contributed by atoms with Crippen molar-refractivity contribution in [2.45, 2.75) is 134 Å². The van der Waals surface area contributed by atoms with Crippen molar-refractivity contribution >= 4 is 70.1 Å². The van der Waals surface area contributed by atoms with E-state index < -0.39 is 55.4 Å². The summed E-state index contributed by atoms with van der Waals surface area (Å²) in [6.07, 6.45) is -1.46. The Morgan fingerprint density at radius 3 is 2.16 bits per heavy atom. The molecule has 310 valence electrons. The molecule has 0 bridgehead atoms. The minimum Gasteiger partial charge on any atom is -0.470 e. The molecule has 2 aliphatic rings. The maximum atomic E-state index is 15.7. The van der Waals surface area contributed by atoms with E-state index in [4.69, 9.17) is 21.1 Å². The molecule has 5 heterocycles. The van der Waals surface area contributed by atoms with E-state index in [1.54, 1.807) is 31.7 Å². The Kier molecular flexibility index (Phi) is 12.2. The standard InChI is InChI=1S/C40H52ClF3N6O4S2Si/c1-21(2)57(22(3)4,23(5)6)36-29(41)15-30(56-36)32-28(40(42,43)44)14-27-33-34(32)55-20-26(53-31-16-45-12-13-46-31)19-49(33)37(51)47-35(27)48-17-24(7)50(25(8)18-48)38(52)54-39(9,10)11/h12-16,21-26H,17-20H2,1-11H3/t24-,25+,26-/m0/s1. The minimum atomic E-state index is -4.78. The molecule has 6 rings (SSSR count). The van der Waals surface area contributed by atoms with E-state index in [-0.39, 0.29) is 64.7 Å². The third-order valence-electron chi connectivity index (χ3n) is 11.1. The molecule has 2 aliphatic heterocycles. The van der Waals surface area contributed by atoms with Crippen LogP contribution in [-0.4, -0.2) is 81.2 Å². The van der Waals surface area contributed by atoms with Crippen molar-refractivity contribution in [1.82, 2.24) is 24.4 Å². The first-order valence-electron chi connectivity index (χ1n) is 19.4. The van der Waals surface area contributed by atoms with Crippen LogP contribution >= 0.6 is 34.7 Å². The summed E-state index contributed by atoms with van der Waals surface area (Å²) in [5, 5.41) is 0.677. The van der Waals surface area contributed by atoms with Gasteiger partial charge in [-0.3, -0.25) is 14.5 Å². The lowest BCUT2D eigenvalue weighted by atomic mass is 10.0. The number of hydrogen-bond acceptors (Lipinski definition) is 10. The summed E-state index contributed by atoms with van der Waals surface area (Å²) in [7, 11) is -2.39. The van der Waals surface area contributed by atoms with E-state index in [1.165, 1.54) is 46.3 Å². The lowest BCUT2D eigenvalue weighted by Crippen LogP contribution is -2.59. The van der Waals surface area contributed by atoms with Crippen LogP contribution in [0.4, 0.5) is 23.8 Å². The number of halogens is 4. The number of nitrogens with zero attached hydrogens (tertiary/aromatic N) is 6. The zero-order chi connectivity index (χ0) is 41.9. The molecule has 1 fully saturated rings. The van der Waals surface area contributed by atoms with Crippen LogP contribution in [0, 0.1) is 0 Å². The maximum absolute atomic E-state index is 15.7. The molecule has 10 nitrogen and oxygen atoms in total. The molecule has 3 aromatic heterocycles. The smallest absolute Gasteiger partial charge is 0.417 e. The second-order valence-corrected chi connectivity index (χ2v) is 25.8. The fourth-order valence-corrected chi connectivity index (χ4v) is 21.4. The maximum Gasteiger partial charge on any atom is 0.417 e. The number of alkyl halides is 3. The summed E-state index contributed by atoms with van der Waals surface area (Å²) in [6.45, 7) is 22.7. The molecule has 0 aliphatic carbocycles. The number of thiophene rings is 1. The average Bonchev–Trinajstić information content (AvgIpc) is 3.35. The first kappa shape index (κ1) is 43.2. The molecule has 3 atom stereocenters. The van der Waals surface area contributed by atoms with Gasteiger partial charge in [0.05, 0.1) is 40.9 Å². The van der Waals surface area contributed by atoms with E-state index in [9.17, 15) is 9.59 Å². The number of thioether (sulfide) groups is 1. The normalized spacial score (nSPS) is 19.5. The van der Waals surface area contributed by atoms with Crippen LogP contribution in [0.2, 0.25) is 21.6 Å². The Balaban J connectivity index is 1.60. The van der Waals surface area contributed by atoms with Gasteiger partial charge in [-0.15, -0.1) is 23.1 Å². The van der Waals surface area contributed by atoms with Gasteiger partial charge in [-0.25, -0.2) is 14.6 Å². The first-order chi connectivity index (χ1) is 26.6. The fourth-order valence-electron chi connectivity index (χ4n) is 9.18. The number of amides is 1. The predicted molar refractivity (Wildman–Crippen MR) is 226 cm³/mol. The molecular formula is C40H52ClF3N6O4S2Si. The van der Waals surface area contributed by atoms with Crippen molar-refractivity contribution in [3.05, 3.63) is 51.8 Å². The van der Waals surface area contributed by atoms with Crippen LogP contribution in [0.1, 0.15) is 81.7 Å². The van der Waals surface area contributed by atoms with Gasteiger partial charge in [0.2, 0.25) is 5.88 Å². The molecule has 0 radical (unpaired) electrons. The van der Waals surface area contributed by atoms with E-state index in [2.05, 4.69) is 56.5 Å². The highest BCUT2D eigenvalue weighted by Gasteiger charge is 2.48. The van der Waals surface area contributed by atoms with Crippen molar-refractivity contribution in [1.29, 1.82) is 0 Å². The van der Waals surface area contributed by atoms with E-state index in [0.717, 1.165) is 10.6 Å². The number of piperazine rings is 1. The number of benzene rings is 1. The van der Waals surface area contributed by atoms with Crippen LogP contribution in [-0.2, 0) is 17.5 Å². The zero-order valence-electron chi connectivity index (χ0n) is 34.3. The number of rotatable bonds is 8. The van der Waals surface area contributed by atoms with Gasteiger partial charge < -0.3 is 14.4 Å². The third-order valence-corrected chi connectivity index (χ3v) is 22.1. The Hall–Kier alpha value is -3.34. The van der Waals surface area contributed by atoms with Crippen LogP contribution in [0.3, 0.4) is 0 Å². The Morgan fingerprint density at radius 2 is 1.61 bits per heavy atom. The van der Waals surface area contributed by atoms with Gasteiger partial charge >= 0.3 is 18.0 Å². The van der Waals surface area contributed by atoms with Gasteiger partial charge in [-0.05, 0) is 63.4 Å². The molecule has 1 saturated heterocycles. The van der Waals surface area contributed by atoms with Crippen molar-refractivity contribution in [2.75, 3.05) is 23.7 Å². The first-order valence-corrected chi connectivity index (χ1v) is 23.8. The molecule has 1 aromatic carbocycles. The number of carbonyl (C=O) groups is 1. The summed E-state index contributed by atoms with van der Waals surface area (Å²) in [5.41, 5.74) is -0.998. The number of hydrogen-bond donors (Lipinski definition) is 0. The van der Waals surface area contributed by atoms with Crippen LogP contribution < -0.4 is 19.8 Å². The van der Waals surface area contributed by atoms with Crippen LogP contribution in [0.15, 0.2) is 40.4 Å². The second-order valence-electron chi connectivity index (χ2n) is 17.1. The summed E-state index contributed by atoms with van der Waals surface area (Å²) in [4.78, 5) is 44.6. The predicted octanol–water partition coefficient (Wildman–Crippen LogP) is 9.86. The lowest BCUT2D eigenvalue weighted by Gasteiger charge is -2.45. The number of carbonyl (C=O) groups excluding carboxylic acids is 1. The SMILES string of the molecule is CC(C)[Si](c1sc(-c2c(C(F)(F)F)cc3c(N4C[C@@H](C)N(C(=O)OC(C)(C)C)[C@@H](C)C4)nc(=O)n4c3c2SC[C@@H](Oc2cnccn2)C4)cc1Cl)(C(C)C)C(C)C. The third kappa shape index (κ3) is 8.16. The molecule has 4 aromatic rings. The molecule has 0 spiro atoms. The Bertz CT molecular complexity index is 2160. The molecule has 0 unspecified atom stereocenters. The number of anilines is 1. The van der Waals surface area contributed by atoms with Crippen LogP contribution in [0.25, 0.3) is 21.3 Å². The largest absolute Gasteiger partial charge is 0.470 e. The molecule has 0 N–H and O–H groups in total. The average molecular weight is 866 g/mol. The molecule has 0 saturated carbocycles. The van der Waals surface area contributed by atoms with Crippen LogP contribution in [0.5, 0.6) is 5.88 Å². The van der Waals surface area contributed by atoms with E-state index in [0.29, 0.717) is 20.3 Å². The molecule has 57 heavy (non-hydrogen) atoms. The van der Waals surface area contributed by atoms with Crippen molar-refractivity contribution in [2.24, 2.45) is 0 Å². The quantitative estimate of drug-likeness (QED) is 0.160. The van der Waals surface area contributed by atoms with Crippen molar-refractivity contribution < 1.29 is 27.4 Å². The highest BCUT2D eigenvalue weighted by Crippen LogP contribution is 2.52. The zero-order valence-corrected chi connectivity index (χ0v) is 37.7. The second kappa shape index (κ2) is 16.0. The summed E-state index contributed by atoms with van der Waals surface area (Å²) < 4.78 is 61.5. The van der Waals surface area contributed by atoms with Gasteiger partial charge in [0, 0.05) is 56.5 Å². The van der Waals surface area contributed by atoms with Gasteiger partial charge in [-0.1, -0.05) is 53.1 Å². The number of aromatic nitrogens is 4. The monoisotopic (exact) mass is 864 g/mol. The minimum absolute atomic E-state index is 0.000692. The van der Waals surface area contributed by atoms with Gasteiger partial charge in [0.1, 0.15) is 25.6 Å². The van der Waals surface area contributed by atoms with Gasteiger partial charge in [0.15, 0.2) is 0 Å². The lowest BCUT2D eigenvalue weighted by molar-refractivity contribution is -0.137. The summed E-state index contributed by atoms with van der Waals surface area (Å²) in [6, 6.07) is 2.04. The summed E-state index contributed by atoms with van der Waals surface area (Å²) in [5.74, 6) is 0.585. The Labute approximate surface area is 346 Å². The van der Waals surface area contributed by atoms with E-state index in [1.807, 2.05) is 18.7 Å². The summed E-state index contributed by atoms with van der Waals surface area (Å²) >= 11 is 9.73. The topological polar surface area (TPSA) is 103 Å². The molecule has 1 amide bonds. The van der Waals surface area contributed by atoms with Gasteiger partial charge in [-0.2, -0.15) is 18.2 Å².